The van der Waals surface area contributed by atoms with Crippen molar-refractivity contribution in [2.75, 3.05) is 7.11 Å². The van der Waals surface area contributed by atoms with Crippen LogP contribution in [0.5, 0.6) is 0 Å². The minimum atomic E-state index is -4.27. The fourth-order valence-electron chi connectivity index (χ4n) is 1.44. The van der Waals surface area contributed by atoms with Gasteiger partial charge < -0.3 is 14.3 Å². The second-order valence-corrected chi connectivity index (χ2v) is 5.59. The Morgan fingerprint density at radius 2 is 2.19 bits per heavy atom. The van der Waals surface area contributed by atoms with Crippen LogP contribution in [0.15, 0.2) is 15.6 Å². The van der Waals surface area contributed by atoms with Gasteiger partial charge in [0.1, 0.15) is 17.4 Å². The van der Waals surface area contributed by atoms with Crippen molar-refractivity contribution >= 4 is 22.0 Å². The summed E-state index contributed by atoms with van der Waals surface area (Å²) in [6, 6.07) is -0.537. The molecular weight excluding hydrogens is 302 g/mol. The minimum absolute atomic E-state index is 0.0334. The number of esters is 1. The van der Waals surface area contributed by atoms with Gasteiger partial charge in [0.2, 0.25) is 5.09 Å². The molecule has 8 nitrogen and oxygen atoms in total. The SMILES string of the molecule is C#CCC(NS(=O)(=O)c1cc(C(=O)OC)c(C)o1)C(=O)O. The molecular formula is C12H13NO7S. The Morgan fingerprint density at radius 1 is 1.57 bits per heavy atom. The van der Waals surface area contributed by atoms with E-state index < -0.39 is 33.1 Å². The third-order valence-corrected chi connectivity index (χ3v) is 3.81. The molecule has 9 heteroatoms. The van der Waals surface area contributed by atoms with Gasteiger partial charge in [-0.3, -0.25) is 4.79 Å². The van der Waals surface area contributed by atoms with Gasteiger partial charge in [-0.05, 0) is 6.92 Å². The van der Waals surface area contributed by atoms with Crippen molar-refractivity contribution in [1.29, 1.82) is 0 Å². The zero-order chi connectivity index (χ0) is 16.2. The highest BCUT2D eigenvalue weighted by Gasteiger charge is 2.29. The van der Waals surface area contributed by atoms with E-state index in [2.05, 4.69) is 10.7 Å². The highest BCUT2D eigenvalue weighted by Crippen LogP contribution is 2.20. The number of nitrogens with one attached hydrogen (secondary N) is 1. The molecule has 0 aliphatic rings. The second kappa shape index (κ2) is 6.43. The van der Waals surface area contributed by atoms with Crippen LogP contribution in [-0.2, 0) is 19.6 Å². The molecule has 1 aromatic rings. The quantitative estimate of drug-likeness (QED) is 0.565. The van der Waals surface area contributed by atoms with E-state index in [1.54, 1.807) is 0 Å². The highest BCUT2D eigenvalue weighted by molar-refractivity contribution is 7.89. The molecule has 0 aliphatic carbocycles. The maximum Gasteiger partial charge on any atom is 0.341 e. The summed E-state index contributed by atoms with van der Waals surface area (Å²) in [5, 5.41) is 8.28. The number of rotatable bonds is 6. The summed E-state index contributed by atoms with van der Waals surface area (Å²) in [6.07, 6.45) is 4.64. The molecule has 0 aliphatic heterocycles. The molecule has 0 aromatic carbocycles. The predicted molar refractivity (Wildman–Crippen MR) is 70.0 cm³/mol. The summed E-state index contributed by atoms with van der Waals surface area (Å²) in [5.74, 6) is -0.103. The maximum atomic E-state index is 12.0. The van der Waals surface area contributed by atoms with E-state index in [9.17, 15) is 18.0 Å². The van der Waals surface area contributed by atoms with Crippen LogP contribution < -0.4 is 4.72 Å². The number of carboxylic acid groups (broad SMARTS) is 1. The first-order valence-electron chi connectivity index (χ1n) is 5.60. The monoisotopic (exact) mass is 315 g/mol. The number of sulfonamides is 1. The van der Waals surface area contributed by atoms with E-state index >= 15 is 0 Å². The number of carbonyl (C=O) groups excluding carboxylic acids is 1. The number of aryl methyl sites for hydroxylation is 1. The Morgan fingerprint density at radius 3 is 2.67 bits per heavy atom. The van der Waals surface area contributed by atoms with E-state index in [1.807, 2.05) is 4.72 Å². The van der Waals surface area contributed by atoms with Crippen molar-refractivity contribution in [1.82, 2.24) is 4.72 Å². The minimum Gasteiger partial charge on any atom is -0.480 e. The van der Waals surface area contributed by atoms with E-state index in [1.165, 1.54) is 6.92 Å². The summed E-state index contributed by atoms with van der Waals surface area (Å²) < 4.78 is 35.3. The number of hydrogen-bond donors (Lipinski definition) is 2. The smallest absolute Gasteiger partial charge is 0.341 e. The van der Waals surface area contributed by atoms with Crippen LogP contribution in [0, 0.1) is 19.3 Å². The Balaban J connectivity index is 3.12. The van der Waals surface area contributed by atoms with Crippen LogP contribution in [0.1, 0.15) is 22.5 Å². The Labute approximate surface area is 121 Å². The van der Waals surface area contributed by atoms with Gasteiger partial charge in [-0.2, -0.15) is 4.72 Å². The standard InChI is InChI=1S/C12H13NO7S/c1-4-5-9(11(14)15)13-21(17,18)10-6-8(7(2)20-10)12(16)19-3/h1,6,9,13H,5H2,2-3H3,(H,14,15). The first-order valence-corrected chi connectivity index (χ1v) is 7.08. The van der Waals surface area contributed by atoms with Gasteiger partial charge in [0, 0.05) is 12.5 Å². The van der Waals surface area contributed by atoms with Crippen LogP contribution in [0.2, 0.25) is 0 Å². The lowest BCUT2D eigenvalue weighted by Gasteiger charge is -2.10. The number of ether oxygens (including phenoxy) is 1. The van der Waals surface area contributed by atoms with Crippen LogP contribution in [0.4, 0.5) is 0 Å². The van der Waals surface area contributed by atoms with Crippen LogP contribution in [-0.4, -0.2) is 38.6 Å². The normalized spacial score (nSPS) is 12.4. The van der Waals surface area contributed by atoms with Crippen molar-refractivity contribution in [2.45, 2.75) is 24.5 Å². The zero-order valence-corrected chi connectivity index (χ0v) is 12.1. The third kappa shape index (κ3) is 3.84. The summed E-state index contributed by atoms with van der Waals surface area (Å²) >= 11 is 0. The molecule has 1 rings (SSSR count). The number of hydrogen-bond acceptors (Lipinski definition) is 6. The van der Waals surface area contributed by atoms with Crippen LogP contribution >= 0.6 is 0 Å². The summed E-state index contributed by atoms with van der Waals surface area (Å²) in [4.78, 5) is 22.3. The van der Waals surface area contributed by atoms with Gasteiger partial charge >= 0.3 is 11.9 Å². The number of carbonyl (C=O) groups is 2. The van der Waals surface area contributed by atoms with E-state index in [0.717, 1.165) is 13.2 Å². The van der Waals surface area contributed by atoms with Crippen molar-refractivity contribution in [3.05, 3.63) is 17.4 Å². The second-order valence-electron chi connectivity index (χ2n) is 3.95. The van der Waals surface area contributed by atoms with Crippen LogP contribution in [0.3, 0.4) is 0 Å². The predicted octanol–water partition coefficient (Wildman–Crippen LogP) is 0.129. The Hall–Kier alpha value is -2.31. The molecule has 0 amide bonds. The lowest BCUT2D eigenvalue weighted by atomic mass is 10.2. The molecule has 1 heterocycles. The fraction of sp³-hybridized carbons (Fsp3) is 0.333. The highest BCUT2D eigenvalue weighted by atomic mass is 32.2. The molecule has 0 radical (unpaired) electrons. The summed E-state index contributed by atoms with van der Waals surface area (Å²) in [5.41, 5.74) is -0.0679. The Bertz CT molecular complexity index is 696. The molecule has 1 unspecified atom stereocenters. The van der Waals surface area contributed by atoms with Gasteiger partial charge in [-0.1, -0.05) is 0 Å². The molecule has 0 bridgehead atoms. The van der Waals surface area contributed by atoms with Crippen molar-refractivity contribution in [3.63, 3.8) is 0 Å². The van der Waals surface area contributed by atoms with Crippen molar-refractivity contribution < 1.29 is 32.3 Å². The van der Waals surface area contributed by atoms with Gasteiger partial charge in [0.15, 0.2) is 0 Å². The molecule has 0 spiro atoms. The summed E-state index contributed by atoms with van der Waals surface area (Å²) in [6.45, 7) is 1.38. The lowest BCUT2D eigenvalue weighted by Crippen LogP contribution is -2.40. The first-order chi connectivity index (χ1) is 9.72. The topological polar surface area (TPSA) is 123 Å². The molecule has 1 atom stereocenters. The number of aliphatic carboxylic acids is 1. The number of carboxylic acids is 1. The molecule has 114 valence electrons. The molecule has 0 fully saturated rings. The molecule has 21 heavy (non-hydrogen) atoms. The average Bonchev–Trinajstić information content (AvgIpc) is 2.80. The largest absolute Gasteiger partial charge is 0.480 e. The summed E-state index contributed by atoms with van der Waals surface area (Å²) in [7, 11) is -3.14. The maximum absolute atomic E-state index is 12.0. The lowest BCUT2D eigenvalue weighted by molar-refractivity contribution is -0.138. The van der Waals surface area contributed by atoms with Crippen molar-refractivity contribution in [2.24, 2.45) is 0 Å². The number of furan rings is 1. The Kier molecular flexibility index (Phi) is 5.12. The number of methoxy groups -OCH3 is 1. The molecule has 2 N–H and O–H groups in total. The van der Waals surface area contributed by atoms with E-state index in [0.29, 0.717) is 0 Å². The van der Waals surface area contributed by atoms with E-state index in [4.69, 9.17) is 15.9 Å². The average molecular weight is 315 g/mol. The zero-order valence-electron chi connectivity index (χ0n) is 11.2. The van der Waals surface area contributed by atoms with Gasteiger partial charge in [-0.15, -0.1) is 12.3 Å². The molecule has 0 saturated heterocycles. The van der Waals surface area contributed by atoms with Gasteiger partial charge in [-0.25, -0.2) is 13.2 Å². The number of terminal acetylenes is 1. The van der Waals surface area contributed by atoms with E-state index in [-0.39, 0.29) is 17.7 Å². The van der Waals surface area contributed by atoms with Gasteiger partial charge in [0.25, 0.3) is 10.0 Å². The van der Waals surface area contributed by atoms with Crippen LogP contribution in [0.25, 0.3) is 0 Å². The molecule has 1 aromatic heterocycles. The van der Waals surface area contributed by atoms with Crippen molar-refractivity contribution in [3.8, 4) is 12.3 Å². The fourth-order valence-corrected chi connectivity index (χ4v) is 2.63. The van der Waals surface area contributed by atoms with Gasteiger partial charge in [0.05, 0.1) is 7.11 Å². The first kappa shape index (κ1) is 16.7. The molecule has 0 saturated carbocycles. The third-order valence-electron chi connectivity index (χ3n) is 2.48.